The molecule has 2 fully saturated rings. The second-order valence-electron chi connectivity index (χ2n) is 8.61. The van der Waals surface area contributed by atoms with Gasteiger partial charge < -0.3 is 0 Å². The van der Waals surface area contributed by atoms with Crippen LogP contribution in [0.2, 0.25) is 0 Å². The summed E-state index contributed by atoms with van der Waals surface area (Å²) in [6, 6.07) is 0. The van der Waals surface area contributed by atoms with E-state index in [0.717, 1.165) is 23.7 Å². The molecule has 0 aromatic carbocycles. The minimum atomic E-state index is 0.899. The van der Waals surface area contributed by atoms with Gasteiger partial charge in [0.2, 0.25) is 0 Å². The first kappa shape index (κ1) is 19.8. The number of hydrogen-bond acceptors (Lipinski definition) is 0. The van der Waals surface area contributed by atoms with Gasteiger partial charge in [-0.3, -0.25) is 0 Å². The van der Waals surface area contributed by atoms with Crippen LogP contribution in [0.1, 0.15) is 104 Å². The molecule has 2 unspecified atom stereocenters. The molecule has 2 saturated carbocycles. The Hall–Kier alpha value is -0.520. The van der Waals surface area contributed by atoms with Gasteiger partial charge in [-0.1, -0.05) is 82.6 Å². The summed E-state index contributed by atoms with van der Waals surface area (Å²) in [6.45, 7) is 4.41. The summed E-state index contributed by atoms with van der Waals surface area (Å²) >= 11 is 0. The van der Waals surface area contributed by atoms with Crippen molar-refractivity contribution in [2.24, 2.45) is 23.7 Å². The smallest absolute Gasteiger partial charge is 0.0231 e. The maximum Gasteiger partial charge on any atom is -0.0231 e. The fourth-order valence-electron chi connectivity index (χ4n) is 5.05. The van der Waals surface area contributed by atoms with Crippen LogP contribution in [0.15, 0.2) is 24.3 Å². The Morgan fingerprint density at radius 3 is 2.21 bits per heavy atom. The van der Waals surface area contributed by atoms with Crippen molar-refractivity contribution in [3.8, 4) is 0 Å². The summed E-state index contributed by atoms with van der Waals surface area (Å²) in [7, 11) is 0. The first-order chi connectivity index (χ1) is 11.8. The lowest BCUT2D eigenvalue weighted by Gasteiger charge is -2.29. The second-order valence-corrected chi connectivity index (χ2v) is 8.61. The number of hydrogen-bond donors (Lipinski definition) is 0. The van der Waals surface area contributed by atoms with E-state index in [-0.39, 0.29) is 0 Å². The first-order valence-electron chi connectivity index (χ1n) is 11.1. The minimum Gasteiger partial charge on any atom is -0.0917 e. The van der Waals surface area contributed by atoms with Crippen molar-refractivity contribution < 1.29 is 0 Å². The van der Waals surface area contributed by atoms with E-state index in [9.17, 15) is 0 Å². The van der Waals surface area contributed by atoms with Crippen molar-refractivity contribution in [1.82, 2.24) is 0 Å². The standard InChI is InChI=1S/C24H42/c1-3-5-10-21-16-18-22(19-17-21)12-7-8-13-24-15-9-14-23(20-24)11-6-4-2/h3,5-6,11,21-24H,4,7-10,12-20H2,1-2H3/b5-3+,11-6+/t21-,22-,23?,24?. The van der Waals surface area contributed by atoms with E-state index >= 15 is 0 Å². The Morgan fingerprint density at radius 2 is 1.50 bits per heavy atom. The van der Waals surface area contributed by atoms with Crippen molar-refractivity contribution >= 4 is 0 Å². The van der Waals surface area contributed by atoms with E-state index < -0.39 is 0 Å². The van der Waals surface area contributed by atoms with E-state index in [0.29, 0.717) is 0 Å². The fourth-order valence-corrected chi connectivity index (χ4v) is 5.05. The van der Waals surface area contributed by atoms with Gasteiger partial charge in [0.05, 0.1) is 0 Å². The molecule has 0 heteroatoms. The van der Waals surface area contributed by atoms with Crippen LogP contribution in [0.5, 0.6) is 0 Å². The lowest BCUT2D eigenvalue weighted by molar-refractivity contribution is 0.250. The molecule has 24 heavy (non-hydrogen) atoms. The molecule has 0 amide bonds. The SMILES string of the molecule is C/C=C/C[C@H]1CC[C@H](CCCCC2CCCC(/C=C/CC)C2)CC1. The van der Waals surface area contributed by atoms with Gasteiger partial charge in [-0.05, 0) is 69.1 Å². The highest BCUT2D eigenvalue weighted by Crippen LogP contribution is 2.36. The predicted octanol–water partition coefficient (Wildman–Crippen LogP) is 8.09. The van der Waals surface area contributed by atoms with E-state index in [1.54, 1.807) is 0 Å². The van der Waals surface area contributed by atoms with Crippen LogP contribution in [-0.2, 0) is 0 Å². The van der Waals surface area contributed by atoms with Crippen molar-refractivity contribution in [2.75, 3.05) is 0 Å². The Bertz CT molecular complexity index is 356. The molecule has 0 nitrogen and oxygen atoms in total. The summed E-state index contributed by atoms with van der Waals surface area (Å²) in [5, 5.41) is 0. The number of rotatable bonds is 9. The van der Waals surface area contributed by atoms with Crippen molar-refractivity contribution in [3.63, 3.8) is 0 Å². The van der Waals surface area contributed by atoms with Gasteiger partial charge in [-0.2, -0.15) is 0 Å². The summed E-state index contributed by atoms with van der Waals surface area (Å²) in [6.07, 6.45) is 29.9. The molecular formula is C24H42. The van der Waals surface area contributed by atoms with Gasteiger partial charge in [0.15, 0.2) is 0 Å². The van der Waals surface area contributed by atoms with Crippen LogP contribution in [0.3, 0.4) is 0 Å². The maximum atomic E-state index is 2.51. The Kier molecular flexibility index (Phi) is 9.85. The molecule has 2 atom stereocenters. The molecule has 0 spiro atoms. The summed E-state index contributed by atoms with van der Waals surface area (Å²) in [4.78, 5) is 0. The largest absolute Gasteiger partial charge is 0.0917 e. The third-order valence-corrected chi connectivity index (χ3v) is 6.61. The molecule has 0 bridgehead atoms. The number of unbranched alkanes of at least 4 members (excludes halogenated alkanes) is 1. The normalized spacial score (nSPS) is 31.9. The summed E-state index contributed by atoms with van der Waals surface area (Å²) in [5.41, 5.74) is 0. The number of allylic oxidation sites excluding steroid dienone is 4. The molecular weight excluding hydrogens is 288 g/mol. The third-order valence-electron chi connectivity index (χ3n) is 6.61. The zero-order valence-corrected chi connectivity index (χ0v) is 16.5. The highest BCUT2D eigenvalue weighted by Gasteiger charge is 2.21. The average Bonchev–Trinajstić information content (AvgIpc) is 2.63. The van der Waals surface area contributed by atoms with Crippen LogP contribution in [0, 0.1) is 23.7 Å². The molecule has 2 aliphatic rings. The molecule has 0 heterocycles. The van der Waals surface area contributed by atoms with Gasteiger partial charge in [-0.25, -0.2) is 0 Å². The maximum absolute atomic E-state index is 2.51. The highest BCUT2D eigenvalue weighted by molar-refractivity contribution is 4.91. The molecule has 0 aliphatic heterocycles. The van der Waals surface area contributed by atoms with E-state index in [1.807, 2.05) is 0 Å². The first-order valence-corrected chi connectivity index (χ1v) is 11.1. The topological polar surface area (TPSA) is 0 Å². The van der Waals surface area contributed by atoms with E-state index in [1.165, 1.54) is 89.9 Å². The lowest BCUT2D eigenvalue weighted by Crippen LogP contribution is -2.15. The lowest BCUT2D eigenvalue weighted by atomic mass is 9.77. The van der Waals surface area contributed by atoms with Crippen molar-refractivity contribution in [3.05, 3.63) is 24.3 Å². The predicted molar refractivity (Wildman–Crippen MR) is 108 cm³/mol. The van der Waals surface area contributed by atoms with Crippen LogP contribution in [-0.4, -0.2) is 0 Å². The zero-order chi connectivity index (χ0) is 17.0. The van der Waals surface area contributed by atoms with Gasteiger partial charge in [0.1, 0.15) is 0 Å². The molecule has 0 aromatic heterocycles. The van der Waals surface area contributed by atoms with E-state index in [4.69, 9.17) is 0 Å². The van der Waals surface area contributed by atoms with Crippen LogP contribution < -0.4 is 0 Å². The highest BCUT2D eigenvalue weighted by atomic mass is 14.3. The van der Waals surface area contributed by atoms with Crippen LogP contribution in [0.4, 0.5) is 0 Å². The molecule has 2 rings (SSSR count). The molecule has 0 aromatic rings. The average molecular weight is 331 g/mol. The summed E-state index contributed by atoms with van der Waals surface area (Å²) in [5.74, 6) is 3.98. The van der Waals surface area contributed by atoms with Gasteiger partial charge in [0.25, 0.3) is 0 Å². The van der Waals surface area contributed by atoms with Crippen LogP contribution >= 0.6 is 0 Å². The van der Waals surface area contributed by atoms with E-state index in [2.05, 4.69) is 38.2 Å². The fraction of sp³-hybridized carbons (Fsp3) is 0.833. The third kappa shape index (κ3) is 7.58. The molecule has 0 saturated heterocycles. The Morgan fingerprint density at radius 1 is 0.792 bits per heavy atom. The summed E-state index contributed by atoms with van der Waals surface area (Å²) < 4.78 is 0. The molecule has 2 aliphatic carbocycles. The van der Waals surface area contributed by atoms with Crippen molar-refractivity contribution in [2.45, 2.75) is 104 Å². The van der Waals surface area contributed by atoms with Gasteiger partial charge >= 0.3 is 0 Å². The molecule has 138 valence electrons. The van der Waals surface area contributed by atoms with Crippen molar-refractivity contribution in [1.29, 1.82) is 0 Å². The molecule has 0 N–H and O–H groups in total. The Balaban J connectivity index is 1.53. The van der Waals surface area contributed by atoms with Crippen LogP contribution in [0.25, 0.3) is 0 Å². The van der Waals surface area contributed by atoms with Gasteiger partial charge in [0, 0.05) is 0 Å². The Labute approximate surface area is 152 Å². The van der Waals surface area contributed by atoms with Gasteiger partial charge in [-0.15, -0.1) is 0 Å². The minimum absolute atomic E-state index is 0.899. The monoisotopic (exact) mass is 330 g/mol. The zero-order valence-electron chi connectivity index (χ0n) is 16.5. The molecule has 0 radical (unpaired) electrons. The second kappa shape index (κ2) is 11.9. The quantitative estimate of drug-likeness (QED) is 0.296.